The standard InChI is InChI=1S/C17H13FO3/c1-21-16-6-5-10(8-14(16)18)7-11-9-13-12(17(11)20)3-2-4-15(13)19/h2-8,19H,9H2,1H3/b11-7+. The molecule has 1 aliphatic rings. The summed E-state index contributed by atoms with van der Waals surface area (Å²) < 4.78 is 18.5. The van der Waals surface area contributed by atoms with Crippen LogP contribution in [0.4, 0.5) is 4.39 Å². The summed E-state index contributed by atoms with van der Waals surface area (Å²) in [6.45, 7) is 0. The summed E-state index contributed by atoms with van der Waals surface area (Å²) in [5.74, 6) is -0.323. The van der Waals surface area contributed by atoms with Gasteiger partial charge in [0.15, 0.2) is 17.3 Å². The maximum Gasteiger partial charge on any atom is 0.189 e. The Kier molecular flexibility index (Phi) is 3.22. The Labute approximate surface area is 121 Å². The van der Waals surface area contributed by atoms with E-state index in [1.54, 1.807) is 30.3 Å². The number of hydrogen-bond acceptors (Lipinski definition) is 3. The first kappa shape index (κ1) is 13.4. The first-order valence-corrected chi connectivity index (χ1v) is 6.50. The third-order valence-corrected chi connectivity index (χ3v) is 3.57. The van der Waals surface area contributed by atoms with Gasteiger partial charge in [-0.2, -0.15) is 0 Å². The molecule has 4 heteroatoms. The molecule has 21 heavy (non-hydrogen) atoms. The number of carbonyl (C=O) groups excluding carboxylic acids is 1. The highest BCUT2D eigenvalue weighted by Crippen LogP contribution is 2.33. The number of phenolic OH excluding ortho intramolecular Hbond substituents is 1. The molecular formula is C17H13FO3. The van der Waals surface area contributed by atoms with Crippen LogP contribution in [0.1, 0.15) is 21.5 Å². The number of Topliss-reactive ketones (excluding diaryl/α,β-unsaturated/α-hetero) is 1. The van der Waals surface area contributed by atoms with E-state index in [-0.39, 0.29) is 17.3 Å². The second-order valence-corrected chi connectivity index (χ2v) is 4.87. The van der Waals surface area contributed by atoms with Crippen LogP contribution in [0.15, 0.2) is 42.0 Å². The molecule has 2 aromatic carbocycles. The third kappa shape index (κ3) is 2.29. The summed E-state index contributed by atoms with van der Waals surface area (Å²) in [6.07, 6.45) is 2.00. The number of rotatable bonds is 2. The van der Waals surface area contributed by atoms with Crippen molar-refractivity contribution in [2.75, 3.05) is 7.11 Å². The fourth-order valence-electron chi connectivity index (χ4n) is 2.51. The van der Waals surface area contributed by atoms with E-state index >= 15 is 0 Å². The summed E-state index contributed by atoms with van der Waals surface area (Å²) in [6, 6.07) is 9.41. The van der Waals surface area contributed by atoms with Crippen LogP contribution in [0.25, 0.3) is 6.08 Å². The predicted molar refractivity (Wildman–Crippen MR) is 77.1 cm³/mol. The number of carbonyl (C=O) groups is 1. The smallest absolute Gasteiger partial charge is 0.189 e. The molecule has 0 heterocycles. The third-order valence-electron chi connectivity index (χ3n) is 3.57. The van der Waals surface area contributed by atoms with E-state index in [4.69, 9.17) is 4.74 Å². The Hall–Kier alpha value is -2.62. The Balaban J connectivity index is 1.98. The molecule has 1 N–H and O–H groups in total. The number of hydrogen-bond donors (Lipinski definition) is 1. The van der Waals surface area contributed by atoms with Gasteiger partial charge in [0.05, 0.1) is 7.11 Å². The molecule has 3 rings (SSSR count). The molecule has 0 aromatic heterocycles. The van der Waals surface area contributed by atoms with Crippen molar-refractivity contribution in [3.8, 4) is 11.5 Å². The fraction of sp³-hybridized carbons (Fsp3) is 0.118. The number of ether oxygens (including phenoxy) is 1. The lowest BCUT2D eigenvalue weighted by molar-refractivity contribution is 0.104. The first-order valence-electron chi connectivity index (χ1n) is 6.50. The zero-order valence-corrected chi connectivity index (χ0v) is 11.4. The van der Waals surface area contributed by atoms with E-state index in [9.17, 15) is 14.3 Å². The summed E-state index contributed by atoms with van der Waals surface area (Å²) >= 11 is 0. The Morgan fingerprint density at radius 2 is 2.10 bits per heavy atom. The monoisotopic (exact) mass is 284 g/mol. The number of ketones is 1. The quantitative estimate of drug-likeness (QED) is 0.860. The van der Waals surface area contributed by atoms with Crippen molar-refractivity contribution in [1.82, 2.24) is 0 Å². The molecule has 0 spiro atoms. The lowest BCUT2D eigenvalue weighted by atomic mass is 10.1. The lowest BCUT2D eigenvalue weighted by Crippen LogP contribution is -1.95. The molecule has 2 aromatic rings. The van der Waals surface area contributed by atoms with Crippen LogP contribution in [-0.4, -0.2) is 18.0 Å². The van der Waals surface area contributed by atoms with E-state index in [2.05, 4.69) is 0 Å². The number of fused-ring (bicyclic) bond motifs is 1. The minimum atomic E-state index is -0.474. The lowest BCUT2D eigenvalue weighted by Gasteiger charge is -2.02. The number of aromatic hydroxyl groups is 1. The second-order valence-electron chi connectivity index (χ2n) is 4.87. The maximum atomic E-state index is 13.7. The molecule has 0 saturated carbocycles. The van der Waals surface area contributed by atoms with E-state index in [0.717, 1.165) is 0 Å². The zero-order chi connectivity index (χ0) is 15.0. The average molecular weight is 284 g/mol. The highest BCUT2D eigenvalue weighted by atomic mass is 19.1. The van der Waals surface area contributed by atoms with Gasteiger partial charge in [-0.25, -0.2) is 4.39 Å². The fourth-order valence-corrected chi connectivity index (χ4v) is 2.51. The van der Waals surface area contributed by atoms with Gasteiger partial charge in [0.25, 0.3) is 0 Å². The summed E-state index contributed by atoms with van der Waals surface area (Å²) in [5.41, 5.74) is 2.26. The van der Waals surface area contributed by atoms with Crippen LogP contribution in [0, 0.1) is 5.82 Å². The van der Waals surface area contributed by atoms with E-state index < -0.39 is 5.82 Å². The molecule has 0 aliphatic heterocycles. The van der Waals surface area contributed by atoms with Gasteiger partial charge in [0.2, 0.25) is 0 Å². The van der Waals surface area contributed by atoms with Gasteiger partial charge >= 0.3 is 0 Å². The number of allylic oxidation sites excluding steroid dienone is 1. The highest BCUT2D eigenvalue weighted by molar-refractivity contribution is 6.16. The predicted octanol–water partition coefficient (Wildman–Crippen LogP) is 3.36. The van der Waals surface area contributed by atoms with Gasteiger partial charge < -0.3 is 9.84 Å². The number of methoxy groups -OCH3 is 1. The van der Waals surface area contributed by atoms with Crippen molar-refractivity contribution in [3.05, 3.63) is 64.5 Å². The van der Waals surface area contributed by atoms with Crippen molar-refractivity contribution in [3.63, 3.8) is 0 Å². The van der Waals surface area contributed by atoms with E-state index in [1.807, 2.05) is 0 Å². The van der Waals surface area contributed by atoms with Gasteiger partial charge in [0.1, 0.15) is 5.75 Å². The first-order chi connectivity index (χ1) is 10.1. The molecule has 0 saturated heterocycles. The highest BCUT2D eigenvalue weighted by Gasteiger charge is 2.26. The molecule has 3 nitrogen and oxygen atoms in total. The Morgan fingerprint density at radius 3 is 2.76 bits per heavy atom. The van der Waals surface area contributed by atoms with Crippen LogP contribution >= 0.6 is 0 Å². The van der Waals surface area contributed by atoms with E-state index in [1.165, 1.54) is 19.2 Å². The Bertz CT molecular complexity index is 763. The van der Waals surface area contributed by atoms with Crippen LogP contribution in [0.5, 0.6) is 11.5 Å². The number of phenols is 1. The van der Waals surface area contributed by atoms with Gasteiger partial charge in [0, 0.05) is 23.1 Å². The molecule has 0 fully saturated rings. The van der Waals surface area contributed by atoms with Crippen molar-refractivity contribution in [2.45, 2.75) is 6.42 Å². The number of benzene rings is 2. The second kappa shape index (κ2) is 5.05. The van der Waals surface area contributed by atoms with Gasteiger partial charge in [-0.15, -0.1) is 0 Å². The summed E-state index contributed by atoms with van der Waals surface area (Å²) in [5, 5.41) is 9.79. The molecular weight excluding hydrogens is 271 g/mol. The van der Waals surface area contributed by atoms with Crippen LogP contribution < -0.4 is 4.74 Å². The number of halogens is 1. The van der Waals surface area contributed by atoms with E-state index in [0.29, 0.717) is 28.7 Å². The van der Waals surface area contributed by atoms with Crippen molar-refractivity contribution < 1.29 is 19.0 Å². The SMILES string of the molecule is COc1ccc(/C=C2\Cc3c(O)cccc3C2=O)cc1F. The van der Waals surface area contributed by atoms with Crippen LogP contribution in [-0.2, 0) is 6.42 Å². The zero-order valence-electron chi connectivity index (χ0n) is 11.4. The van der Waals surface area contributed by atoms with Crippen LogP contribution in [0.2, 0.25) is 0 Å². The van der Waals surface area contributed by atoms with Gasteiger partial charge in [-0.05, 0) is 29.8 Å². The minimum Gasteiger partial charge on any atom is -0.508 e. The van der Waals surface area contributed by atoms with Crippen molar-refractivity contribution >= 4 is 11.9 Å². The maximum absolute atomic E-state index is 13.7. The van der Waals surface area contributed by atoms with Crippen molar-refractivity contribution in [1.29, 1.82) is 0 Å². The van der Waals surface area contributed by atoms with Crippen LogP contribution in [0.3, 0.4) is 0 Å². The minimum absolute atomic E-state index is 0.116. The normalized spacial score (nSPS) is 15.3. The Morgan fingerprint density at radius 1 is 1.29 bits per heavy atom. The molecule has 0 amide bonds. The van der Waals surface area contributed by atoms with Gasteiger partial charge in [-0.3, -0.25) is 4.79 Å². The molecule has 106 valence electrons. The topological polar surface area (TPSA) is 46.5 Å². The molecule has 0 bridgehead atoms. The summed E-state index contributed by atoms with van der Waals surface area (Å²) in [4.78, 5) is 12.3. The van der Waals surface area contributed by atoms with Crippen molar-refractivity contribution in [2.24, 2.45) is 0 Å². The van der Waals surface area contributed by atoms with Gasteiger partial charge in [-0.1, -0.05) is 18.2 Å². The molecule has 0 atom stereocenters. The molecule has 0 radical (unpaired) electrons. The summed E-state index contributed by atoms with van der Waals surface area (Å²) in [7, 11) is 1.40. The average Bonchev–Trinajstić information content (AvgIpc) is 2.78. The molecule has 0 unspecified atom stereocenters. The largest absolute Gasteiger partial charge is 0.508 e. The molecule has 1 aliphatic carbocycles.